The smallest absolute Gasteiger partial charge is 0.340 e. The predicted molar refractivity (Wildman–Crippen MR) is 73.3 cm³/mol. The van der Waals surface area contributed by atoms with E-state index in [1.165, 1.54) is 19.2 Å². The zero-order chi connectivity index (χ0) is 14.0. The van der Waals surface area contributed by atoms with Crippen molar-refractivity contribution in [2.24, 2.45) is 0 Å². The van der Waals surface area contributed by atoms with Gasteiger partial charge in [-0.25, -0.2) is 9.18 Å². The van der Waals surface area contributed by atoms with Crippen LogP contribution >= 0.6 is 0 Å². The molecule has 0 aliphatic carbocycles. The van der Waals surface area contributed by atoms with Gasteiger partial charge in [-0.05, 0) is 35.7 Å². The van der Waals surface area contributed by atoms with Gasteiger partial charge in [-0.3, -0.25) is 0 Å². The number of carbonyl (C=O) groups is 1. The molecule has 0 aliphatic heterocycles. The van der Waals surface area contributed by atoms with Crippen molar-refractivity contribution >= 4 is 19.3 Å². The van der Waals surface area contributed by atoms with Crippen molar-refractivity contribution in [3.8, 4) is 11.1 Å². The maximum Gasteiger partial charge on any atom is 0.340 e. The molecule has 0 fully saturated rings. The van der Waals surface area contributed by atoms with Gasteiger partial charge in [0, 0.05) is 0 Å². The average Bonchev–Trinajstić information content (AvgIpc) is 2.37. The first kappa shape index (κ1) is 13.3. The summed E-state index contributed by atoms with van der Waals surface area (Å²) in [5.41, 5.74) is 3.12. The second kappa shape index (κ2) is 5.27. The Balaban J connectivity index is 2.47. The van der Waals surface area contributed by atoms with E-state index in [2.05, 4.69) is 4.74 Å². The number of aryl methyl sites for hydroxylation is 1. The topological polar surface area (TPSA) is 26.3 Å². The Hall–Kier alpha value is -2.10. The van der Waals surface area contributed by atoms with Crippen LogP contribution in [0, 0.1) is 12.7 Å². The fourth-order valence-electron chi connectivity index (χ4n) is 1.97. The molecule has 0 heterocycles. The van der Waals surface area contributed by atoms with Crippen molar-refractivity contribution in [2.75, 3.05) is 7.11 Å². The van der Waals surface area contributed by atoms with Gasteiger partial charge in [0.1, 0.15) is 13.7 Å². The van der Waals surface area contributed by atoms with Crippen LogP contribution in [0.4, 0.5) is 4.39 Å². The summed E-state index contributed by atoms with van der Waals surface area (Å²) in [6.07, 6.45) is 0. The van der Waals surface area contributed by atoms with Gasteiger partial charge in [0.2, 0.25) is 0 Å². The van der Waals surface area contributed by atoms with Gasteiger partial charge in [-0.15, -0.1) is 0 Å². The summed E-state index contributed by atoms with van der Waals surface area (Å²) >= 11 is 0. The molecular formula is C15H12BFO2. The standard InChI is InChI=1S/C15H12BFO2/c1-9-7-11(16)4-6-12(9)10-3-5-13(14(17)8-10)15(18)19-2/h3-8H,1-2H3. The summed E-state index contributed by atoms with van der Waals surface area (Å²) in [5.74, 6) is -1.28. The molecule has 2 aromatic carbocycles. The molecule has 0 aliphatic rings. The van der Waals surface area contributed by atoms with Crippen LogP contribution in [0.1, 0.15) is 15.9 Å². The quantitative estimate of drug-likeness (QED) is 0.607. The van der Waals surface area contributed by atoms with Crippen LogP contribution in [0.15, 0.2) is 36.4 Å². The maximum absolute atomic E-state index is 13.9. The third kappa shape index (κ3) is 2.68. The Morgan fingerprint density at radius 2 is 1.95 bits per heavy atom. The summed E-state index contributed by atoms with van der Waals surface area (Å²) < 4.78 is 18.4. The Kier molecular flexibility index (Phi) is 3.70. The largest absolute Gasteiger partial charge is 0.465 e. The molecule has 0 saturated heterocycles. The molecule has 0 unspecified atom stereocenters. The maximum atomic E-state index is 13.9. The Bertz CT molecular complexity index is 638. The molecule has 2 nitrogen and oxygen atoms in total. The van der Waals surface area contributed by atoms with Crippen LogP contribution < -0.4 is 5.46 Å². The van der Waals surface area contributed by atoms with Gasteiger partial charge in [-0.1, -0.05) is 29.7 Å². The molecule has 4 heteroatoms. The first-order valence-electron chi connectivity index (χ1n) is 5.77. The van der Waals surface area contributed by atoms with E-state index in [9.17, 15) is 9.18 Å². The highest BCUT2D eigenvalue weighted by Crippen LogP contribution is 2.24. The summed E-state index contributed by atoms with van der Waals surface area (Å²) in [6.45, 7) is 1.90. The third-order valence-corrected chi connectivity index (χ3v) is 2.94. The molecule has 19 heavy (non-hydrogen) atoms. The molecule has 94 valence electrons. The number of hydrogen-bond acceptors (Lipinski definition) is 2. The molecule has 0 bridgehead atoms. The van der Waals surface area contributed by atoms with E-state index < -0.39 is 11.8 Å². The van der Waals surface area contributed by atoms with Gasteiger partial charge in [0.15, 0.2) is 0 Å². The minimum absolute atomic E-state index is 0.0700. The lowest BCUT2D eigenvalue weighted by molar-refractivity contribution is 0.0595. The van der Waals surface area contributed by atoms with E-state index >= 15 is 0 Å². The Morgan fingerprint density at radius 3 is 2.53 bits per heavy atom. The minimum Gasteiger partial charge on any atom is -0.465 e. The number of ether oxygens (including phenoxy) is 1. The first-order chi connectivity index (χ1) is 9.02. The van der Waals surface area contributed by atoms with Gasteiger partial charge in [0.25, 0.3) is 0 Å². The molecule has 2 aromatic rings. The monoisotopic (exact) mass is 254 g/mol. The molecule has 0 spiro atoms. The second-order valence-electron chi connectivity index (χ2n) is 4.26. The highest BCUT2D eigenvalue weighted by molar-refractivity contribution is 6.32. The number of carbonyl (C=O) groups excluding carboxylic acids is 1. The molecule has 2 rings (SSSR count). The van der Waals surface area contributed by atoms with E-state index in [0.29, 0.717) is 11.0 Å². The van der Waals surface area contributed by atoms with Crippen LogP contribution in [-0.4, -0.2) is 20.9 Å². The van der Waals surface area contributed by atoms with Crippen molar-refractivity contribution in [1.29, 1.82) is 0 Å². The molecular weight excluding hydrogens is 242 g/mol. The molecule has 0 atom stereocenters. The van der Waals surface area contributed by atoms with Crippen LogP contribution in [0.5, 0.6) is 0 Å². The number of halogens is 1. The van der Waals surface area contributed by atoms with E-state index in [-0.39, 0.29) is 5.56 Å². The lowest BCUT2D eigenvalue weighted by Crippen LogP contribution is -2.05. The van der Waals surface area contributed by atoms with Crippen molar-refractivity contribution in [1.82, 2.24) is 0 Å². The van der Waals surface area contributed by atoms with Crippen molar-refractivity contribution in [3.05, 3.63) is 53.3 Å². The van der Waals surface area contributed by atoms with Crippen LogP contribution in [-0.2, 0) is 4.74 Å². The molecule has 0 N–H and O–H groups in total. The summed E-state index contributed by atoms with van der Waals surface area (Å²) in [7, 11) is 6.90. The van der Waals surface area contributed by atoms with Gasteiger partial charge < -0.3 is 4.74 Å². The SMILES string of the molecule is [B]c1ccc(-c2ccc(C(=O)OC)c(F)c2)c(C)c1. The fourth-order valence-corrected chi connectivity index (χ4v) is 1.97. The molecule has 0 saturated carbocycles. The van der Waals surface area contributed by atoms with Crippen LogP contribution in [0.3, 0.4) is 0 Å². The number of hydrogen-bond donors (Lipinski definition) is 0. The van der Waals surface area contributed by atoms with Gasteiger partial charge in [0.05, 0.1) is 12.7 Å². The number of rotatable bonds is 2. The number of methoxy groups -OCH3 is 1. The molecule has 0 aromatic heterocycles. The normalized spacial score (nSPS) is 10.3. The summed E-state index contributed by atoms with van der Waals surface area (Å²) in [4.78, 5) is 11.3. The minimum atomic E-state index is -0.682. The van der Waals surface area contributed by atoms with E-state index in [1.54, 1.807) is 12.1 Å². The summed E-state index contributed by atoms with van der Waals surface area (Å²) in [6, 6.07) is 9.85. The van der Waals surface area contributed by atoms with Crippen LogP contribution in [0.2, 0.25) is 0 Å². The Morgan fingerprint density at radius 1 is 1.21 bits per heavy atom. The zero-order valence-electron chi connectivity index (χ0n) is 10.7. The first-order valence-corrected chi connectivity index (χ1v) is 5.77. The van der Waals surface area contributed by atoms with Crippen LogP contribution in [0.25, 0.3) is 11.1 Å². The number of benzene rings is 2. The summed E-state index contributed by atoms with van der Waals surface area (Å²) in [5, 5.41) is 0. The zero-order valence-corrected chi connectivity index (χ0v) is 10.7. The van der Waals surface area contributed by atoms with E-state index in [1.807, 2.05) is 19.1 Å². The highest BCUT2D eigenvalue weighted by atomic mass is 19.1. The molecule has 2 radical (unpaired) electrons. The van der Waals surface area contributed by atoms with E-state index in [4.69, 9.17) is 7.85 Å². The highest BCUT2D eigenvalue weighted by Gasteiger charge is 2.13. The number of esters is 1. The fraction of sp³-hybridized carbons (Fsp3) is 0.133. The van der Waals surface area contributed by atoms with E-state index in [0.717, 1.165) is 11.1 Å². The average molecular weight is 254 g/mol. The lowest BCUT2D eigenvalue weighted by atomic mass is 9.90. The van der Waals surface area contributed by atoms with Gasteiger partial charge >= 0.3 is 5.97 Å². The molecule has 0 amide bonds. The Labute approximate surface area is 112 Å². The second-order valence-corrected chi connectivity index (χ2v) is 4.26. The van der Waals surface area contributed by atoms with Crippen molar-refractivity contribution in [2.45, 2.75) is 6.92 Å². The van der Waals surface area contributed by atoms with Gasteiger partial charge in [-0.2, -0.15) is 0 Å². The third-order valence-electron chi connectivity index (χ3n) is 2.94. The van der Waals surface area contributed by atoms with Crippen molar-refractivity contribution < 1.29 is 13.9 Å². The predicted octanol–water partition coefficient (Wildman–Crippen LogP) is 2.38. The lowest BCUT2D eigenvalue weighted by Gasteiger charge is -2.09. The van der Waals surface area contributed by atoms with Crippen molar-refractivity contribution in [3.63, 3.8) is 0 Å².